The first-order valence-corrected chi connectivity index (χ1v) is 8.35. The highest BCUT2D eigenvalue weighted by Crippen LogP contribution is 2.29. The number of aromatic nitrogens is 2. The molecule has 0 spiro atoms. The highest BCUT2D eigenvalue weighted by molar-refractivity contribution is 9.10. The number of nitrogens with zero attached hydrogens (tertiary/aromatic N) is 2. The van der Waals surface area contributed by atoms with E-state index in [1.165, 1.54) is 0 Å². The van der Waals surface area contributed by atoms with Crippen molar-refractivity contribution < 1.29 is 9.15 Å². The average molecular weight is 406 g/mol. The molecule has 0 amide bonds. The second kappa shape index (κ2) is 7.20. The summed E-state index contributed by atoms with van der Waals surface area (Å²) in [5, 5.41) is 8.46. The van der Waals surface area contributed by atoms with E-state index in [1.807, 2.05) is 49.4 Å². The summed E-state index contributed by atoms with van der Waals surface area (Å²) in [5.74, 6) is 1.47. The summed E-state index contributed by atoms with van der Waals surface area (Å²) in [6.07, 6.45) is 1.76. The molecule has 0 radical (unpaired) electrons. The van der Waals surface area contributed by atoms with Crippen molar-refractivity contribution in [2.24, 2.45) is 0 Å². The van der Waals surface area contributed by atoms with Gasteiger partial charge in [0.25, 0.3) is 5.89 Å². The summed E-state index contributed by atoms with van der Waals surface area (Å²) in [6, 6.07) is 13.5. The Balaban J connectivity index is 1.88. The molecule has 0 atom stereocenters. The molecule has 2 aromatic carbocycles. The van der Waals surface area contributed by atoms with E-state index in [-0.39, 0.29) is 5.89 Å². The van der Waals surface area contributed by atoms with Gasteiger partial charge in [-0.1, -0.05) is 35.4 Å². The monoisotopic (exact) mass is 404 g/mol. The molecule has 0 aliphatic rings. The molecule has 3 aromatic rings. The van der Waals surface area contributed by atoms with Crippen LogP contribution in [0, 0.1) is 6.92 Å². The second-order valence-corrected chi connectivity index (χ2v) is 6.43. The summed E-state index contributed by atoms with van der Waals surface area (Å²) in [5.41, 5.74) is 2.88. The number of rotatable bonds is 4. The molecule has 1 aromatic heterocycles. The summed E-state index contributed by atoms with van der Waals surface area (Å²) in [6.45, 7) is 2.01. The lowest BCUT2D eigenvalue weighted by molar-refractivity contribution is 0.412. The normalized spacial score (nSPS) is 11.6. The second-order valence-electron chi connectivity index (χ2n) is 5.17. The van der Waals surface area contributed by atoms with Crippen molar-refractivity contribution in [3.63, 3.8) is 0 Å². The molecular formula is C18H14BrClN2O2. The SMILES string of the molecule is COc1ccc(/C=C(\Cl)c2nnc(-c3cccc(C)c3)o2)cc1Br. The van der Waals surface area contributed by atoms with Gasteiger partial charge in [0.15, 0.2) is 0 Å². The molecule has 0 bridgehead atoms. The van der Waals surface area contributed by atoms with Gasteiger partial charge >= 0.3 is 0 Å². The van der Waals surface area contributed by atoms with Gasteiger partial charge < -0.3 is 9.15 Å². The van der Waals surface area contributed by atoms with Crippen molar-refractivity contribution in [1.82, 2.24) is 10.2 Å². The first kappa shape index (κ1) is 16.7. The van der Waals surface area contributed by atoms with Gasteiger partial charge in [-0.3, -0.25) is 0 Å². The van der Waals surface area contributed by atoms with E-state index in [1.54, 1.807) is 13.2 Å². The van der Waals surface area contributed by atoms with Crippen LogP contribution >= 0.6 is 27.5 Å². The van der Waals surface area contributed by atoms with Crippen molar-refractivity contribution in [3.8, 4) is 17.2 Å². The predicted molar refractivity (Wildman–Crippen MR) is 98.9 cm³/mol. The summed E-state index contributed by atoms with van der Waals surface area (Å²) in [4.78, 5) is 0. The Kier molecular flexibility index (Phi) is 5.02. The summed E-state index contributed by atoms with van der Waals surface area (Å²) < 4.78 is 11.7. The molecule has 0 aliphatic heterocycles. The van der Waals surface area contributed by atoms with Crippen LogP contribution in [0.3, 0.4) is 0 Å². The number of hydrogen-bond acceptors (Lipinski definition) is 4. The van der Waals surface area contributed by atoms with Crippen LogP contribution in [0.1, 0.15) is 17.0 Å². The van der Waals surface area contributed by atoms with Gasteiger partial charge in [-0.2, -0.15) is 0 Å². The highest BCUT2D eigenvalue weighted by atomic mass is 79.9. The zero-order valence-corrected chi connectivity index (χ0v) is 15.4. The maximum atomic E-state index is 6.32. The van der Waals surface area contributed by atoms with Gasteiger partial charge in [0.1, 0.15) is 10.8 Å². The highest BCUT2D eigenvalue weighted by Gasteiger charge is 2.12. The Morgan fingerprint density at radius 2 is 2.04 bits per heavy atom. The lowest BCUT2D eigenvalue weighted by Gasteiger charge is -2.03. The first-order valence-electron chi connectivity index (χ1n) is 7.18. The van der Waals surface area contributed by atoms with E-state index >= 15 is 0 Å². The molecule has 1 heterocycles. The number of aryl methyl sites for hydroxylation is 1. The third-order valence-corrected chi connectivity index (χ3v) is 4.25. The zero-order valence-electron chi connectivity index (χ0n) is 13.1. The zero-order chi connectivity index (χ0) is 17.1. The van der Waals surface area contributed by atoms with Crippen LogP contribution in [-0.4, -0.2) is 17.3 Å². The fourth-order valence-electron chi connectivity index (χ4n) is 2.19. The largest absolute Gasteiger partial charge is 0.496 e. The predicted octanol–water partition coefficient (Wildman–Crippen LogP) is 5.55. The van der Waals surface area contributed by atoms with Gasteiger partial charge in [-0.15, -0.1) is 10.2 Å². The van der Waals surface area contributed by atoms with Gasteiger partial charge in [0.05, 0.1) is 11.6 Å². The van der Waals surface area contributed by atoms with Crippen molar-refractivity contribution in [3.05, 3.63) is 64.0 Å². The standard InChI is InChI=1S/C18H14BrClN2O2/c1-11-4-3-5-13(8-11)17-21-22-18(24-17)15(20)10-12-6-7-16(23-2)14(19)9-12/h3-10H,1-2H3/b15-10-. The lowest BCUT2D eigenvalue weighted by atomic mass is 10.1. The Morgan fingerprint density at radius 3 is 2.75 bits per heavy atom. The van der Waals surface area contributed by atoms with E-state index < -0.39 is 0 Å². The van der Waals surface area contributed by atoms with Gasteiger partial charge in [0.2, 0.25) is 5.89 Å². The van der Waals surface area contributed by atoms with Crippen LogP contribution in [0.15, 0.2) is 51.4 Å². The Labute approximate surface area is 153 Å². The fraction of sp³-hybridized carbons (Fsp3) is 0.111. The quantitative estimate of drug-likeness (QED) is 0.571. The molecule has 0 N–H and O–H groups in total. The number of ether oxygens (including phenoxy) is 1. The number of hydrogen-bond donors (Lipinski definition) is 0. The maximum absolute atomic E-state index is 6.32. The summed E-state index contributed by atoms with van der Waals surface area (Å²) >= 11 is 9.76. The molecule has 0 fully saturated rings. The van der Waals surface area contributed by atoms with Gasteiger partial charge in [-0.25, -0.2) is 0 Å². The van der Waals surface area contributed by atoms with Crippen LogP contribution in [0.5, 0.6) is 5.75 Å². The van der Waals surface area contributed by atoms with Crippen LogP contribution in [0.25, 0.3) is 22.6 Å². The van der Waals surface area contributed by atoms with Crippen LogP contribution < -0.4 is 4.74 Å². The minimum Gasteiger partial charge on any atom is -0.496 e. The third kappa shape index (κ3) is 3.68. The minimum atomic E-state index is 0.278. The molecule has 0 saturated carbocycles. The fourth-order valence-corrected chi connectivity index (χ4v) is 2.96. The van der Waals surface area contributed by atoms with E-state index in [0.29, 0.717) is 10.9 Å². The molecule has 3 rings (SSSR count). The first-order chi connectivity index (χ1) is 11.6. The Bertz CT molecular complexity index is 906. The van der Waals surface area contributed by atoms with Crippen molar-refractivity contribution >= 4 is 38.6 Å². The topological polar surface area (TPSA) is 48.2 Å². The third-order valence-electron chi connectivity index (χ3n) is 3.36. The van der Waals surface area contributed by atoms with Gasteiger partial charge in [0, 0.05) is 5.56 Å². The number of benzene rings is 2. The van der Waals surface area contributed by atoms with E-state index in [4.69, 9.17) is 20.8 Å². The smallest absolute Gasteiger partial charge is 0.259 e. The van der Waals surface area contributed by atoms with Crippen molar-refractivity contribution in [2.45, 2.75) is 6.92 Å². The minimum absolute atomic E-state index is 0.278. The van der Waals surface area contributed by atoms with Crippen molar-refractivity contribution in [2.75, 3.05) is 7.11 Å². The summed E-state index contributed by atoms with van der Waals surface area (Å²) in [7, 11) is 1.62. The molecule has 122 valence electrons. The Morgan fingerprint density at radius 1 is 1.21 bits per heavy atom. The molecule has 0 unspecified atom stereocenters. The van der Waals surface area contributed by atoms with E-state index in [0.717, 1.165) is 26.9 Å². The van der Waals surface area contributed by atoms with E-state index in [9.17, 15) is 0 Å². The van der Waals surface area contributed by atoms with E-state index in [2.05, 4.69) is 26.1 Å². The molecular weight excluding hydrogens is 392 g/mol. The Hall–Kier alpha value is -2.11. The van der Waals surface area contributed by atoms with Crippen LogP contribution in [0.2, 0.25) is 0 Å². The van der Waals surface area contributed by atoms with Crippen molar-refractivity contribution in [1.29, 1.82) is 0 Å². The number of methoxy groups -OCH3 is 1. The van der Waals surface area contributed by atoms with Crippen LogP contribution in [-0.2, 0) is 0 Å². The molecule has 4 nitrogen and oxygen atoms in total. The van der Waals surface area contributed by atoms with Gasteiger partial charge in [-0.05, 0) is 58.8 Å². The molecule has 0 aliphatic carbocycles. The molecule has 6 heteroatoms. The number of halogens is 2. The maximum Gasteiger partial charge on any atom is 0.259 e. The molecule has 24 heavy (non-hydrogen) atoms. The lowest BCUT2D eigenvalue weighted by Crippen LogP contribution is -1.85. The average Bonchev–Trinajstić information content (AvgIpc) is 3.05. The van der Waals surface area contributed by atoms with Crippen LogP contribution in [0.4, 0.5) is 0 Å². The molecule has 0 saturated heterocycles.